The van der Waals surface area contributed by atoms with Gasteiger partial charge in [0.05, 0.1) is 11.6 Å². The first-order chi connectivity index (χ1) is 14.6. The number of guanidine groups is 1. The van der Waals surface area contributed by atoms with Crippen LogP contribution in [0.25, 0.3) is 0 Å². The molecule has 2 aromatic carbocycles. The fourth-order valence-corrected chi connectivity index (χ4v) is 4.10. The summed E-state index contributed by atoms with van der Waals surface area (Å²) >= 11 is 0. The van der Waals surface area contributed by atoms with Crippen LogP contribution in [0.1, 0.15) is 28.8 Å². The first-order valence-corrected chi connectivity index (χ1v) is 10.0. The normalized spacial score (nSPS) is 20.7. The summed E-state index contributed by atoms with van der Waals surface area (Å²) in [5.41, 5.74) is 0.887. The quantitative estimate of drug-likeness (QED) is 0.823. The van der Waals surface area contributed by atoms with Gasteiger partial charge in [0, 0.05) is 25.2 Å². The Hall–Kier alpha value is -3.50. The molecule has 0 bridgehead atoms. The number of nitrogens with zero attached hydrogens (tertiary/aromatic N) is 3. The van der Waals surface area contributed by atoms with Crippen LogP contribution < -0.4 is 10.6 Å². The third kappa shape index (κ3) is 4.09. The van der Waals surface area contributed by atoms with Gasteiger partial charge in [-0.15, -0.1) is 0 Å². The molecule has 1 saturated heterocycles. The largest absolute Gasteiger partial charge is 0.299 e. The van der Waals surface area contributed by atoms with Gasteiger partial charge < -0.3 is 0 Å². The number of piperidine rings is 1. The lowest BCUT2D eigenvalue weighted by atomic mass is 9.76. The molecule has 7 nitrogen and oxygen atoms in total. The van der Waals surface area contributed by atoms with Crippen molar-refractivity contribution in [2.24, 2.45) is 10.9 Å². The van der Waals surface area contributed by atoms with Crippen LogP contribution in [0.15, 0.2) is 65.7 Å². The Balaban J connectivity index is 1.50. The number of benzene rings is 2. The van der Waals surface area contributed by atoms with Gasteiger partial charge in [-0.2, -0.15) is 5.26 Å². The Morgan fingerprint density at radius 1 is 1.13 bits per heavy atom. The van der Waals surface area contributed by atoms with Gasteiger partial charge in [0.2, 0.25) is 11.9 Å². The minimum Gasteiger partial charge on any atom is -0.299 e. The molecule has 0 unspecified atom stereocenters. The van der Waals surface area contributed by atoms with Crippen molar-refractivity contribution in [1.29, 1.82) is 5.26 Å². The summed E-state index contributed by atoms with van der Waals surface area (Å²) in [5, 5.41) is 14.9. The molecular weight excluding hydrogens is 378 g/mol. The van der Waals surface area contributed by atoms with Gasteiger partial charge in [0.15, 0.2) is 5.92 Å². The molecule has 1 spiro atoms. The third-order valence-electron chi connectivity index (χ3n) is 5.74. The topological polar surface area (TPSA) is 97.6 Å². The Labute approximate surface area is 175 Å². The SMILES string of the molecule is N#C[C@H]1C(=O)NC(NC(=O)c2ccccc2)=NC12CCN(Cc1ccccc1)CC2. The molecular formula is C23H23N5O2. The molecule has 0 aliphatic carbocycles. The number of hydrogen-bond acceptors (Lipinski definition) is 5. The maximum atomic E-state index is 12.6. The molecule has 2 N–H and O–H groups in total. The molecule has 2 aliphatic heterocycles. The van der Waals surface area contributed by atoms with Gasteiger partial charge in [0.25, 0.3) is 5.91 Å². The van der Waals surface area contributed by atoms with Crippen molar-refractivity contribution >= 4 is 17.8 Å². The average molecular weight is 401 g/mol. The van der Waals surface area contributed by atoms with Gasteiger partial charge in [0.1, 0.15) is 0 Å². The van der Waals surface area contributed by atoms with E-state index in [2.05, 4.69) is 38.7 Å². The average Bonchev–Trinajstić information content (AvgIpc) is 2.77. The molecule has 7 heteroatoms. The van der Waals surface area contributed by atoms with Gasteiger partial charge >= 0.3 is 0 Å². The second kappa shape index (κ2) is 8.47. The van der Waals surface area contributed by atoms with Crippen molar-refractivity contribution in [3.8, 4) is 6.07 Å². The second-order valence-corrected chi connectivity index (χ2v) is 7.70. The van der Waals surface area contributed by atoms with Crippen molar-refractivity contribution in [1.82, 2.24) is 15.5 Å². The van der Waals surface area contributed by atoms with Gasteiger partial charge in [-0.25, -0.2) is 4.99 Å². The zero-order valence-electron chi connectivity index (χ0n) is 16.5. The van der Waals surface area contributed by atoms with E-state index in [9.17, 15) is 14.9 Å². The summed E-state index contributed by atoms with van der Waals surface area (Å²) in [6, 6.07) is 21.1. The fraction of sp³-hybridized carbons (Fsp3) is 0.304. The van der Waals surface area contributed by atoms with Crippen LogP contribution >= 0.6 is 0 Å². The van der Waals surface area contributed by atoms with E-state index < -0.39 is 17.4 Å². The minimum atomic E-state index is -0.867. The van der Waals surface area contributed by atoms with Crippen molar-refractivity contribution in [3.63, 3.8) is 0 Å². The number of nitriles is 1. The summed E-state index contributed by atoms with van der Waals surface area (Å²) in [6.07, 6.45) is 1.16. The van der Waals surface area contributed by atoms with Gasteiger partial charge in [-0.1, -0.05) is 48.5 Å². The maximum Gasteiger partial charge on any atom is 0.257 e. The highest BCUT2D eigenvalue weighted by molar-refractivity contribution is 6.11. The predicted octanol–water partition coefficient (Wildman–Crippen LogP) is 2.08. The lowest BCUT2D eigenvalue weighted by molar-refractivity contribution is -0.125. The Morgan fingerprint density at radius 2 is 1.77 bits per heavy atom. The number of likely N-dealkylation sites (tertiary alicyclic amines) is 1. The molecule has 1 fully saturated rings. The van der Waals surface area contributed by atoms with E-state index in [1.807, 2.05) is 24.3 Å². The number of aliphatic imine (C=N–C) groups is 1. The molecule has 0 radical (unpaired) electrons. The summed E-state index contributed by atoms with van der Waals surface area (Å²) in [5.74, 6) is -1.50. The van der Waals surface area contributed by atoms with E-state index in [0.717, 1.165) is 19.6 Å². The molecule has 2 heterocycles. The van der Waals surface area contributed by atoms with Crippen LogP contribution in [0.2, 0.25) is 0 Å². The van der Waals surface area contributed by atoms with Gasteiger partial charge in [-0.3, -0.25) is 25.1 Å². The number of carbonyl (C=O) groups excluding carboxylic acids is 2. The van der Waals surface area contributed by atoms with E-state index in [4.69, 9.17) is 0 Å². The van der Waals surface area contributed by atoms with Crippen LogP contribution in [-0.2, 0) is 11.3 Å². The Morgan fingerprint density at radius 3 is 2.40 bits per heavy atom. The lowest BCUT2D eigenvalue weighted by Crippen LogP contribution is -2.60. The summed E-state index contributed by atoms with van der Waals surface area (Å²) in [7, 11) is 0. The van der Waals surface area contributed by atoms with Crippen molar-refractivity contribution in [2.45, 2.75) is 24.9 Å². The Kier molecular flexibility index (Phi) is 5.59. The highest BCUT2D eigenvalue weighted by Gasteiger charge is 2.48. The number of carbonyl (C=O) groups is 2. The molecule has 4 rings (SSSR count). The van der Waals surface area contributed by atoms with Crippen LogP contribution in [0.3, 0.4) is 0 Å². The fourth-order valence-electron chi connectivity index (χ4n) is 4.10. The zero-order valence-corrected chi connectivity index (χ0v) is 16.5. The maximum absolute atomic E-state index is 12.6. The molecule has 2 aliphatic rings. The zero-order chi connectivity index (χ0) is 21.0. The van der Waals surface area contributed by atoms with E-state index in [1.165, 1.54) is 5.56 Å². The van der Waals surface area contributed by atoms with Crippen molar-refractivity contribution in [3.05, 3.63) is 71.8 Å². The smallest absolute Gasteiger partial charge is 0.257 e. The minimum absolute atomic E-state index is 0.122. The van der Waals surface area contributed by atoms with Crippen LogP contribution in [0, 0.1) is 17.2 Å². The highest BCUT2D eigenvalue weighted by Crippen LogP contribution is 2.36. The molecule has 0 saturated carbocycles. The standard InChI is InChI=1S/C23H23N5O2/c24-15-19-21(30)26-22(25-20(29)18-9-5-2-6-10-18)27-23(19)11-13-28(14-12-23)16-17-7-3-1-4-8-17/h1-10,19H,11-14,16H2,(H2,25,26,27,29,30)/t19-/m0/s1. The number of hydrogen-bond donors (Lipinski definition) is 2. The van der Waals surface area contributed by atoms with E-state index in [0.29, 0.717) is 18.4 Å². The van der Waals surface area contributed by atoms with E-state index in [-0.39, 0.29) is 11.9 Å². The number of amides is 2. The summed E-state index contributed by atoms with van der Waals surface area (Å²) in [4.78, 5) is 32.1. The molecule has 1 atom stereocenters. The van der Waals surface area contributed by atoms with Gasteiger partial charge in [-0.05, 0) is 30.5 Å². The van der Waals surface area contributed by atoms with E-state index in [1.54, 1.807) is 24.3 Å². The molecule has 2 amide bonds. The van der Waals surface area contributed by atoms with Crippen LogP contribution in [0.4, 0.5) is 0 Å². The second-order valence-electron chi connectivity index (χ2n) is 7.70. The van der Waals surface area contributed by atoms with Crippen LogP contribution in [0.5, 0.6) is 0 Å². The van der Waals surface area contributed by atoms with Crippen LogP contribution in [-0.4, -0.2) is 41.3 Å². The van der Waals surface area contributed by atoms with Crippen molar-refractivity contribution in [2.75, 3.05) is 13.1 Å². The summed E-state index contributed by atoms with van der Waals surface area (Å²) < 4.78 is 0. The lowest BCUT2D eigenvalue weighted by Gasteiger charge is -2.43. The van der Waals surface area contributed by atoms with E-state index >= 15 is 0 Å². The Bertz CT molecular complexity index is 989. The summed E-state index contributed by atoms with van der Waals surface area (Å²) in [6.45, 7) is 2.27. The predicted molar refractivity (Wildman–Crippen MR) is 112 cm³/mol. The molecule has 30 heavy (non-hydrogen) atoms. The monoisotopic (exact) mass is 401 g/mol. The first-order valence-electron chi connectivity index (χ1n) is 10.0. The number of rotatable bonds is 3. The molecule has 2 aromatic rings. The highest BCUT2D eigenvalue weighted by atomic mass is 16.2. The van der Waals surface area contributed by atoms with Crippen molar-refractivity contribution < 1.29 is 9.59 Å². The first kappa shape index (κ1) is 19.8. The molecule has 152 valence electrons. The molecule has 0 aromatic heterocycles. The third-order valence-corrected chi connectivity index (χ3v) is 5.74. The number of nitrogens with one attached hydrogen (secondary N) is 2.